The first-order valence-electron chi connectivity index (χ1n) is 7.31. The molecule has 0 aliphatic heterocycles. The van der Waals surface area contributed by atoms with Crippen molar-refractivity contribution in [2.45, 2.75) is 18.4 Å². The van der Waals surface area contributed by atoms with Crippen LogP contribution in [0, 0.1) is 0 Å². The number of aromatic nitrogens is 1. The number of hydrogen-bond donors (Lipinski definition) is 1. The quantitative estimate of drug-likeness (QED) is 0.730. The van der Waals surface area contributed by atoms with Crippen LogP contribution in [0.1, 0.15) is 12.5 Å². The molecule has 24 heavy (non-hydrogen) atoms. The highest BCUT2D eigenvalue weighted by Crippen LogP contribution is 2.33. The van der Waals surface area contributed by atoms with Crippen molar-refractivity contribution < 1.29 is 8.42 Å². The maximum Gasteiger partial charge on any atom is 0.243 e. The highest BCUT2D eigenvalue weighted by molar-refractivity contribution is 7.89. The van der Waals surface area contributed by atoms with Gasteiger partial charge in [0, 0.05) is 13.1 Å². The molecule has 0 bridgehead atoms. The van der Waals surface area contributed by atoms with Gasteiger partial charge in [0.2, 0.25) is 10.0 Å². The Bertz CT molecular complexity index is 972. The molecule has 2 aromatic carbocycles. The van der Waals surface area contributed by atoms with E-state index >= 15 is 0 Å². The van der Waals surface area contributed by atoms with E-state index in [9.17, 15) is 8.42 Å². The van der Waals surface area contributed by atoms with Gasteiger partial charge in [-0.1, -0.05) is 60.2 Å². The minimum Gasteiger partial charge on any atom is -0.375 e. The fraction of sp³-hybridized carbons (Fsp3) is 0.188. The highest BCUT2D eigenvalue weighted by Gasteiger charge is 2.25. The van der Waals surface area contributed by atoms with E-state index in [2.05, 4.69) is 4.98 Å². The molecule has 3 aromatic rings. The van der Waals surface area contributed by atoms with E-state index < -0.39 is 10.0 Å². The van der Waals surface area contributed by atoms with Crippen molar-refractivity contribution in [1.82, 2.24) is 9.29 Å². The van der Waals surface area contributed by atoms with Crippen molar-refractivity contribution in [3.05, 3.63) is 53.1 Å². The lowest BCUT2D eigenvalue weighted by Gasteiger charge is -2.20. The van der Waals surface area contributed by atoms with Crippen LogP contribution in [0.2, 0.25) is 5.02 Å². The molecule has 0 radical (unpaired) electrons. The van der Waals surface area contributed by atoms with E-state index in [1.807, 2.05) is 37.3 Å². The summed E-state index contributed by atoms with van der Waals surface area (Å²) < 4.78 is 28.1. The number of thiazole rings is 1. The number of anilines is 1. The van der Waals surface area contributed by atoms with Crippen molar-refractivity contribution in [3.8, 4) is 0 Å². The van der Waals surface area contributed by atoms with Crippen molar-refractivity contribution in [3.63, 3.8) is 0 Å². The number of halogens is 1. The van der Waals surface area contributed by atoms with Gasteiger partial charge in [-0.2, -0.15) is 4.31 Å². The summed E-state index contributed by atoms with van der Waals surface area (Å²) in [6, 6.07) is 12.5. The number of hydrogen-bond acceptors (Lipinski definition) is 5. The molecule has 0 saturated heterocycles. The number of sulfonamides is 1. The molecule has 0 aliphatic carbocycles. The summed E-state index contributed by atoms with van der Waals surface area (Å²) in [5, 5.41) is 0.646. The largest absolute Gasteiger partial charge is 0.375 e. The Morgan fingerprint density at radius 1 is 1.25 bits per heavy atom. The molecule has 0 fully saturated rings. The molecule has 0 unspecified atom stereocenters. The molecule has 0 aliphatic rings. The van der Waals surface area contributed by atoms with Crippen LogP contribution < -0.4 is 5.73 Å². The number of nitrogens with two attached hydrogens (primary N) is 1. The molecule has 2 N–H and O–H groups in total. The SMILES string of the molecule is CCN(Cc1ccccc1)S(=O)(=O)c1cc(Cl)c2nc(N)sc2c1. The molecule has 126 valence electrons. The second kappa shape index (κ2) is 6.68. The van der Waals surface area contributed by atoms with Crippen LogP contribution >= 0.6 is 22.9 Å². The van der Waals surface area contributed by atoms with Gasteiger partial charge in [-0.05, 0) is 17.7 Å². The van der Waals surface area contributed by atoms with Crippen LogP contribution in [0.15, 0.2) is 47.4 Å². The van der Waals surface area contributed by atoms with Crippen molar-refractivity contribution in [2.75, 3.05) is 12.3 Å². The summed E-state index contributed by atoms with van der Waals surface area (Å²) in [7, 11) is -3.67. The number of fused-ring (bicyclic) bond motifs is 1. The molecular weight excluding hydrogens is 366 g/mol. The fourth-order valence-corrected chi connectivity index (χ4v) is 5.18. The molecule has 0 atom stereocenters. The van der Waals surface area contributed by atoms with E-state index in [-0.39, 0.29) is 9.92 Å². The van der Waals surface area contributed by atoms with Gasteiger partial charge in [-0.25, -0.2) is 13.4 Å². The standard InChI is InChI=1S/C16H16ClN3O2S2/c1-2-20(10-11-6-4-3-5-7-11)24(21,22)12-8-13(17)15-14(9-12)23-16(18)19-15/h3-9H,2,10H2,1H3,(H2,18,19). The van der Waals surface area contributed by atoms with E-state index in [1.54, 1.807) is 6.07 Å². The van der Waals surface area contributed by atoms with Crippen LogP contribution in [0.4, 0.5) is 5.13 Å². The summed E-state index contributed by atoms with van der Waals surface area (Å²) in [6.45, 7) is 2.48. The third-order valence-corrected chi connectivity index (χ3v) is 6.65. The number of nitrogens with zero attached hydrogens (tertiary/aromatic N) is 2. The van der Waals surface area contributed by atoms with Crippen molar-refractivity contribution in [2.24, 2.45) is 0 Å². The Balaban J connectivity index is 2.02. The van der Waals surface area contributed by atoms with Gasteiger partial charge in [0.1, 0.15) is 5.52 Å². The lowest BCUT2D eigenvalue weighted by molar-refractivity contribution is 0.423. The topological polar surface area (TPSA) is 76.3 Å². The summed E-state index contributed by atoms with van der Waals surface area (Å²) in [4.78, 5) is 4.28. The molecule has 8 heteroatoms. The van der Waals surface area contributed by atoms with Crippen LogP contribution in [0.25, 0.3) is 10.2 Å². The van der Waals surface area contributed by atoms with Gasteiger partial charge >= 0.3 is 0 Å². The van der Waals surface area contributed by atoms with Crippen LogP contribution in [0.3, 0.4) is 0 Å². The normalized spacial score (nSPS) is 12.1. The minimum atomic E-state index is -3.67. The monoisotopic (exact) mass is 381 g/mol. The number of rotatable bonds is 5. The molecule has 0 saturated carbocycles. The predicted molar refractivity (Wildman–Crippen MR) is 98.8 cm³/mol. The Kier molecular flexibility index (Phi) is 4.78. The van der Waals surface area contributed by atoms with Gasteiger partial charge < -0.3 is 5.73 Å². The van der Waals surface area contributed by atoms with E-state index in [1.165, 1.54) is 21.7 Å². The Morgan fingerprint density at radius 3 is 2.62 bits per heavy atom. The third kappa shape index (κ3) is 3.25. The molecule has 1 aromatic heterocycles. The van der Waals surface area contributed by atoms with Crippen LogP contribution in [0.5, 0.6) is 0 Å². The zero-order valence-corrected chi connectivity index (χ0v) is 15.3. The lowest BCUT2D eigenvalue weighted by atomic mass is 10.2. The average Bonchev–Trinajstić information content (AvgIpc) is 2.94. The summed E-state index contributed by atoms with van der Waals surface area (Å²) in [5.41, 5.74) is 7.16. The minimum absolute atomic E-state index is 0.154. The smallest absolute Gasteiger partial charge is 0.243 e. The van der Waals surface area contributed by atoms with E-state index in [0.717, 1.165) is 5.56 Å². The summed E-state index contributed by atoms with van der Waals surface area (Å²) in [5.74, 6) is 0. The fourth-order valence-electron chi connectivity index (χ4n) is 2.43. The maximum absolute atomic E-state index is 13.0. The van der Waals surface area contributed by atoms with Gasteiger partial charge in [-0.3, -0.25) is 0 Å². The second-order valence-corrected chi connectivity index (χ2v) is 8.63. The molecule has 3 rings (SSSR count). The Labute approximate surface area is 149 Å². The predicted octanol–water partition coefficient (Wildman–Crippen LogP) is 3.74. The average molecular weight is 382 g/mol. The first-order valence-corrected chi connectivity index (χ1v) is 9.95. The van der Waals surface area contributed by atoms with Crippen molar-refractivity contribution in [1.29, 1.82) is 0 Å². The maximum atomic E-state index is 13.0. The zero-order chi connectivity index (χ0) is 17.3. The second-order valence-electron chi connectivity index (χ2n) is 5.22. The van der Waals surface area contributed by atoms with Crippen LogP contribution in [-0.4, -0.2) is 24.3 Å². The van der Waals surface area contributed by atoms with Crippen LogP contribution in [-0.2, 0) is 16.6 Å². The van der Waals surface area contributed by atoms with Gasteiger partial charge in [0.05, 0.1) is 14.6 Å². The Hall–Kier alpha value is -1.67. The zero-order valence-electron chi connectivity index (χ0n) is 12.9. The third-order valence-electron chi connectivity index (χ3n) is 3.63. The lowest BCUT2D eigenvalue weighted by Crippen LogP contribution is -2.30. The van der Waals surface area contributed by atoms with Crippen molar-refractivity contribution >= 4 is 48.3 Å². The van der Waals surface area contributed by atoms with Gasteiger partial charge in [0.15, 0.2) is 5.13 Å². The van der Waals surface area contributed by atoms with Gasteiger partial charge in [0.25, 0.3) is 0 Å². The highest BCUT2D eigenvalue weighted by atomic mass is 35.5. The molecule has 5 nitrogen and oxygen atoms in total. The molecule has 0 amide bonds. The van der Waals surface area contributed by atoms with E-state index in [0.29, 0.717) is 28.4 Å². The summed E-state index contributed by atoms with van der Waals surface area (Å²) in [6.07, 6.45) is 0. The molecule has 0 spiro atoms. The summed E-state index contributed by atoms with van der Waals surface area (Å²) >= 11 is 7.41. The Morgan fingerprint density at radius 2 is 1.96 bits per heavy atom. The molecular formula is C16H16ClN3O2S2. The van der Waals surface area contributed by atoms with Gasteiger partial charge in [-0.15, -0.1) is 0 Å². The number of nitrogen functional groups attached to an aromatic ring is 1. The first kappa shape index (κ1) is 17.2. The first-order chi connectivity index (χ1) is 11.4. The van der Waals surface area contributed by atoms with E-state index in [4.69, 9.17) is 17.3 Å². The molecule has 1 heterocycles. The number of benzene rings is 2.